The molecule has 23 heavy (non-hydrogen) atoms. The minimum absolute atomic E-state index is 0.489. The Balaban J connectivity index is 2.98. The maximum Gasteiger partial charge on any atom is 0.203 e. The fourth-order valence-corrected chi connectivity index (χ4v) is 2.31. The quantitative estimate of drug-likeness (QED) is 0.719. The van der Waals surface area contributed by atoms with Crippen LogP contribution in [0.15, 0.2) is 35.4 Å². The minimum atomic E-state index is -0.666. The first-order valence-electron chi connectivity index (χ1n) is 7.61. The molecule has 0 saturated carbocycles. The Kier molecular flexibility index (Phi) is 7.17. The number of allylic oxidation sites excluding steroid dienone is 2. The van der Waals surface area contributed by atoms with Gasteiger partial charge in [0.25, 0.3) is 0 Å². The second-order valence-electron chi connectivity index (χ2n) is 5.89. The number of hydrogen-bond donors (Lipinski definition) is 1. The maximum absolute atomic E-state index is 10.5. The van der Waals surface area contributed by atoms with Crippen molar-refractivity contribution >= 4 is 0 Å². The number of benzene rings is 1. The van der Waals surface area contributed by atoms with Crippen molar-refractivity contribution in [3.05, 3.63) is 41.0 Å². The molecule has 1 atom stereocenters. The lowest BCUT2D eigenvalue weighted by Gasteiger charge is -2.18. The van der Waals surface area contributed by atoms with Crippen LogP contribution in [0.3, 0.4) is 0 Å². The van der Waals surface area contributed by atoms with Crippen molar-refractivity contribution in [2.24, 2.45) is 0 Å². The van der Waals surface area contributed by atoms with Gasteiger partial charge < -0.3 is 19.3 Å². The average molecular weight is 320 g/mol. The molecule has 0 spiro atoms. The van der Waals surface area contributed by atoms with Crippen LogP contribution in [0, 0.1) is 0 Å². The largest absolute Gasteiger partial charge is 0.493 e. The number of hydrogen-bond acceptors (Lipinski definition) is 4. The van der Waals surface area contributed by atoms with Gasteiger partial charge in [-0.05, 0) is 51.3 Å². The fourth-order valence-electron chi connectivity index (χ4n) is 2.31. The van der Waals surface area contributed by atoms with E-state index in [1.54, 1.807) is 33.5 Å². The van der Waals surface area contributed by atoms with Crippen molar-refractivity contribution in [2.75, 3.05) is 21.3 Å². The van der Waals surface area contributed by atoms with Gasteiger partial charge in [0.15, 0.2) is 11.5 Å². The Labute approximate surface area is 139 Å². The zero-order valence-electron chi connectivity index (χ0n) is 15.0. The summed E-state index contributed by atoms with van der Waals surface area (Å²) < 4.78 is 15.9. The van der Waals surface area contributed by atoms with Crippen LogP contribution in [0.1, 0.15) is 45.3 Å². The van der Waals surface area contributed by atoms with Gasteiger partial charge >= 0.3 is 0 Å². The monoisotopic (exact) mass is 320 g/mol. The Hall–Kier alpha value is -1.94. The number of aliphatic hydroxyl groups excluding tert-OH is 1. The summed E-state index contributed by atoms with van der Waals surface area (Å²) in [5.41, 5.74) is 4.28. The summed E-state index contributed by atoms with van der Waals surface area (Å²) in [4.78, 5) is 0. The third kappa shape index (κ3) is 5.03. The molecule has 0 aliphatic rings. The zero-order chi connectivity index (χ0) is 17.6. The Morgan fingerprint density at radius 1 is 1.04 bits per heavy atom. The SMILES string of the molecule is C=C(CC(C)=C(C)C)CC(O)c1cc(OC)c(OC)c(OC)c1. The third-order valence-corrected chi connectivity index (χ3v) is 3.92. The normalized spacial score (nSPS) is 11.6. The third-order valence-electron chi connectivity index (χ3n) is 3.92. The second kappa shape index (κ2) is 8.63. The molecule has 0 heterocycles. The molecule has 0 bridgehead atoms. The van der Waals surface area contributed by atoms with E-state index < -0.39 is 6.10 Å². The first kappa shape index (κ1) is 19.1. The molecule has 0 saturated heterocycles. The number of aliphatic hydroxyl groups is 1. The standard InChI is InChI=1S/C19H28O4/c1-12(2)14(4)8-13(3)9-16(20)15-10-17(21-5)19(23-7)18(11-15)22-6/h10-11,16,20H,3,8-9H2,1-2,4-7H3. The summed E-state index contributed by atoms with van der Waals surface area (Å²) in [5.74, 6) is 1.59. The molecule has 0 radical (unpaired) electrons. The summed E-state index contributed by atoms with van der Waals surface area (Å²) in [5, 5.41) is 10.5. The highest BCUT2D eigenvalue weighted by Crippen LogP contribution is 2.40. The van der Waals surface area contributed by atoms with Gasteiger partial charge in [-0.1, -0.05) is 23.3 Å². The summed E-state index contributed by atoms with van der Waals surface area (Å²) in [6.45, 7) is 10.3. The lowest BCUT2D eigenvalue weighted by molar-refractivity contribution is 0.176. The van der Waals surface area contributed by atoms with E-state index in [1.165, 1.54) is 11.1 Å². The molecule has 4 nitrogen and oxygen atoms in total. The predicted molar refractivity (Wildman–Crippen MR) is 93.5 cm³/mol. The molecule has 1 N–H and O–H groups in total. The summed E-state index contributed by atoms with van der Waals surface area (Å²) in [7, 11) is 4.68. The van der Waals surface area contributed by atoms with Gasteiger partial charge in [0.05, 0.1) is 27.4 Å². The van der Waals surface area contributed by atoms with Gasteiger partial charge in [0.1, 0.15) is 0 Å². The zero-order valence-corrected chi connectivity index (χ0v) is 15.0. The molecular formula is C19H28O4. The van der Waals surface area contributed by atoms with Gasteiger partial charge in [-0.3, -0.25) is 0 Å². The van der Waals surface area contributed by atoms with E-state index in [2.05, 4.69) is 27.4 Å². The molecule has 128 valence electrons. The summed E-state index contributed by atoms with van der Waals surface area (Å²) in [6, 6.07) is 3.54. The molecule has 4 heteroatoms. The molecule has 0 aromatic heterocycles. The Morgan fingerprint density at radius 3 is 1.96 bits per heavy atom. The topological polar surface area (TPSA) is 47.9 Å². The molecule has 0 amide bonds. The fraction of sp³-hybridized carbons (Fsp3) is 0.474. The summed E-state index contributed by atoms with van der Waals surface area (Å²) >= 11 is 0. The van der Waals surface area contributed by atoms with E-state index in [9.17, 15) is 5.11 Å². The minimum Gasteiger partial charge on any atom is -0.493 e. The first-order valence-corrected chi connectivity index (χ1v) is 7.61. The lowest BCUT2D eigenvalue weighted by atomic mass is 9.96. The van der Waals surface area contributed by atoms with Gasteiger partial charge in [-0.25, -0.2) is 0 Å². The molecule has 0 aliphatic carbocycles. The Bertz CT molecular complexity index is 558. The number of rotatable bonds is 8. The number of ether oxygens (including phenoxy) is 3. The maximum atomic E-state index is 10.5. The van der Waals surface area contributed by atoms with Crippen molar-refractivity contribution in [3.8, 4) is 17.2 Å². The van der Waals surface area contributed by atoms with Crippen LogP contribution in [-0.2, 0) is 0 Å². The van der Waals surface area contributed by atoms with Crippen LogP contribution in [0.2, 0.25) is 0 Å². The van der Waals surface area contributed by atoms with E-state index in [0.29, 0.717) is 23.7 Å². The molecule has 1 unspecified atom stereocenters. The van der Waals surface area contributed by atoms with Crippen LogP contribution < -0.4 is 14.2 Å². The summed E-state index contributed by atoms with van der Waals surface area (Å²) in [6.07, 6.45) is 0.619. The van der Waals surface area contributed by atoms with Crippen LogP contribution in [0.5, 0.6) is 17.2 Å². The molecular weight excluding hydrogens is 292 g/mol. The van der Waals surface area contributed by atoms with Crippen molar-refractivity contribution in [3.63, 3.8) is 0 Å². The number of methoxy groups -OCH3 is 3. The van der Waals surface area contributed by atoms with Crippen molar-refractivity contribution in [2.45, 2.75) is 39.7 Å². The van der Waals surface area contributed by atoms with E-state index in [4.69, 9.17) is 14.2 Å². The van der Waals surface area contributed by atoms with E-state index >= 15 is 0 Å². The highest BCUT2D eigenvalue weighted by atomic mass is 16.5. The second-order valence-corrected chi connectivity index (χ2v) is 5.89. The average Bonchev–Trinajstić information content (AvgIpc) is 2.52. The lowest BCUT2D eigenvalue weighted by Crippen LogP contribution is -2.03. The molecule has 1 rings (SSSR count). The van der Waals surface area contributed by atoms with E-state index in [1.807, 2.05) is 0 Å². The molecule has 0 aliphatic heterocycles. The Morgan fingerprint density at radius 2 is 1.57 bits per heavy atom. The predicted octanol–water partition coefficient (Wildman–Crippen LogP) is 4.44. The smallest absolute Gasteiger partial charge is 0.203 e. The highest BCUT2D eigenvalue weighted by Gasteiger charge is 2.18. The van der Waals surface area contributed by atoms with E-state index in [0.717, 1.165) is 17.6 Å². The highest BCUT2D eigenvalue weighted by molar-refractivity contribution is 5.54. The van der Waals surface area contributed by atoms with Gasteiger partial charge in [0.2, 0.25) is 5.75 Å². The molecule has 1 aromatic carbocycles. The van der Waals surface area contributed by atoms with E-state index in [-0.39, 0.29) is 0 Å². The van der Waals surface area contributed by atoms with Gasteiger partial charge in [-0.15, -0.1) is 0 Å². The molecule has 1 aromatic rings. The van der Waals surface area contributed by atoms with Crippen molar-refractivity contribution in [1.82, 2.24) is 0 Å². The molecule has 0 fully saturated rings. The van der Waals surface area contributed by atoms with Crippen molar-refractivity contribution in [1.29, 1.82) is 0 Å². The first-order chi connectivity index (χ1) is 10.8. The van der Waals surface area contributed by atoms with Crippen LogP contribution in [-0.4, -0.2) is 26.4 Å². The van der Waals surface area contributed by atoms with Gasteiger partial charge in [0, 0.05) is 0 Å². The van der Waals surface area contributed by atoms with Crippen LogP contribution in [0.4, 0.5) is 0 Å². The van der Waals surface area contributed by atoms with Crippen LogP contribution in [0.25, 0.3) is 0 Å². The van der Waals surface area contributed by atoms with Crippen molar-refractivity contribution < 1.29 is 19.3 Å². The van der Waals surface area contributed by atoms with Crippen LogP contribution >= 0.6 is 0 Å². The van der Waals surface area contributed by atoms with Gasteiger partial charge in [-0.2, -0.15) is 0 Å².